The van der Waals surface area contributed by atoms with Crippen LogP contribution in [0.4, 0.5) is 17.6 Å². The van der Waals surface area contributed by atoms with E-state index < -0.39 is 29.0 Å². The highest BCUT2D eigenvalue weighted by atomic mass is 19.2. The molecule has 0 atom stereocenters. The van der Waals surface area contributed by atoms with E-state index in [9.17, 15) is 17.6 Å². The summed E-state index contributed by atoms with van der Waals surface area (Å²) in [6, 6.07) is 0.137. The van der Waals surface area contributed by atoms with Crippen LogP contribution in [-0.4, -0.2) is 32.9 Å². The van der Waals surface area contributed by atoms with E-state index in [2.05, 4.69) is 5.32 Å². The van der Waals surface area contributed by atoms with Crippen molar-refractivity contribution in [2.45, 2.75) is 6.92 Å². The van der Waals surface area contributed by atoms with E-state index in [0.29, 0.717) is 19.8 Å². The fourth-order valence-corrected chi connectivity index (χ4v) is 1.32. The summed E-state index contributed by atoms with van der Waals surface area (Å²) in [5, 5.41) is 2.88. The Morgan fingerprint density at radius 1 is 1.00 bits per heavy atom. The second kappa shape index (κ2) is 7.96. The molecule has 1 aromatic rings. The van der Waals surface area contributed by atoms with E-state index >= 15 is 0 Å². The Morgan fingerprint density at radius 2 is 1.58 bits per heavy atom. The number of ether oxygens (including phenoxy) is 2. The average molecular weight is 281 g/mol. The Kier molecular flexibility index (Phi) is 6.58. The van der Waals surface area contributed by atoms with Gasteiger partial charge in [0.05, 0.1) is 6.61 Å². The number of halogens is 4. The summed E-state index contributed by atoms with van der Waals surface area (Å²) in [7, 11) is 0. The summed E-state index contributed by atoms with van der Waals surface area (Å²) < 4.78 is 61.8. The molecule has 7 heteroatoms. The first-order valence-electron chi connectivity index (χ1n) is 5.82. The van der Waals surface area contributed by atoms with Crippen LogP contribution in [0.25, 0.3) is 0 Å². The van der Waals surface area contributed by atoms with Crippen molar-refractivity contribution in [2.24, 2.45) is 0 Å². The van der Waals surface area contributed by atoms with Gasteiger partial charge in [0.2, 0.25) is 11.6 Å². The molecule has 0 aliphatic heterocycles. The van der Waals surface area contributed by atoms with Gasteiger partial charge < -0.3 is 14.8 Å². The van der Waals surface area contributed by atoms with Gasteiger partial charge in [-0.3, -0.25) is 0 Å². The molecule has 3 nitrogen and oxygen atoms in total. The molecule has 0 radical (unpaired) electrons. The monoisotopic (exact) mass is 281 g/mol. The van der Waals surface area contributed by atoms with Gasteiger partial charge in [-0.2, -0.15) is 8.78 Å². The van der Waals surface area contributed by atoms with Crippen LogP contribution < -0.4 is 10.1 Å². The lowest BCUT2D eigenvalue weighted by Crippen LogP contribution is -2.25. The van der Waals surface area contributed by atoms with Gasteiger partial charge in [-0.25, -0.2) is 8.78 Å². The van der Waals surface area contributed by atoms with Gasteiger partial charge in [-0.05, 0) is 6.92 Å². The van der Waals surface area contributed by atoms with Crippen LogP contribution in [0.1, 0.15) is 6.92 Å². The van der Waals surface area contributed by atoms with Crippen molar-refractivity contribution in [3.63, 3.8) is 0 Å². The SMILES string of the molecule is CCOCCNCCOc1c(F)c(F)cc(F)c1F. The van der Waals surface area contributed by atoms with Crippen molar-refractivity contribution in [1.29, 1.82) is 0 Å². The minimum Gasteiger partial charge on any atom is -0.486 e. The van der Waals surface area contributed by atoms with E-state index in [1.165, 1.54) is 0 Å². The molecule has 0 saturated carbocycles. The summed E-state index contributed by atoms with van der Waals surface area (Å²) in [4.78, 5) is 0. The van der Waals surface area contributed by atoms with E-state index in [-0.39, 0.29) is 19.2 Å². The number of hydrogen-bond acceptors (Lipinski definition) is 3. The van der Waals surface area contributed by atoms with Crippen LogP contribution in [0, 0.1) is 23.3 Å². The largest absolute Gasteiger partial charge is 0.486 e. The van der Waals surface area contributed by atoms with Gasteiger partial charge in [0.25, 0.3) is 0 Å². The van der Waals surface area contributed by atoms with Crippen LogP contribution in [-0.2, 0) is 4.74 Å². The normalized spacial score (nSPS) is 10.8. The molecule has 1 rings (SSSR count). The zero-order valence-electron chi connectivity index (χ0n) is 10.4. The highest BCUT2D eigenvalue weighted by Crippen LogP contribution is 2.26. The molecule has 0 heterocycles. The van der Waals surface area contributed by atoms with Crippen molar-refractivity contribution < 1.29 is 27.0 Å². The molecule has 0 bridgehead atoms. The zero-order valence-corrected chi connectivity index (χ0v) is 10.4. The second-order valence-corrected chi connectivity index (χ2v) is 3.59. The third kappa shape index (κ3) is 4.68. The van der Waals surface area contributed by atoms with Crippen LogP contribution in [0.3, 0.4) is 0 Å². The first-order valence-corrected chi connectivity index (χ1v) is 5.82. The predicted molar refractivity (Wildman–Crippen MR) is 61.1 cm³/mol. The van der Waals surface area contributed by atoms with Crippen molar-refractivity contribution in [3.8, 4) is 5.75 Å². The highest BCUT2D eigenvalue weighted by molar-refractivity contribution is 5.28. The predicted octanol–water partition coefficient (Wildman–Crippen LogP) is 2.25. The molecule has 19 heavy (non-hydrogen) atoms. The minimum atomic E-state index is -1.53. The fourth-order valence-electron chi connectivity index (χ4n) is 1.32. The lowest BCUT2D eigenvalue weighted by molar-refractivity contribution is 0.148. The molecular formula is C12H15F4NO2. The van der Waals surface area contributed by atoms with E-state index in [0.717, 1.165) is 0 Å². The minimum absolute atomic E-state index is 0.122. The Hall–Kier alpha value is -1.34. The van der Waals surface area contributed by atoms with Gasteiger partial charge in [0.15, 0.2) is 17.4 Å². The number of rotatable bonds is 8. The van der Waals surface area contributed by atoms with E-state index in [4.69, 9.17) is 9.47 Å². The van der Waals surface area contributed by atoms with E-state index in [1.54, 1.807) is 0 Å². The van der Waals surface area contributed by atoms with E-state index in [1.807, 2.05) is 6.92 Å². The molecule has 0 spiro atoms. The number of hydrogen-bond donors (Lipinski definition) is 1. The highest BCUT2D eigenvalue weighted by Gasteiger charge is 2.20. The standard InChI is InChI=1S/C12H15F4NO2/c1-2-18-5-3-17-4-6-19-12-10(15)8(13)7-9(14)11(12)16/h7,17H,2-6H2,1H3. The molecule has 0 amide bonds. The summed E-state index contributed by atoms with van der Waals surface area (Å²) >= 11 is 0. The number of nitrogens with one attached hydrogen (secondary N) is 1. The maximum atomic E-state index is 13.2. The lowest BCUT2D eigenvalue weighted by Gasteiger charge is -2.10. The van der Waals surface area contributed by atoms with Gasteiger partial charge >= 0.3 is 0 Å². The van der Waals surface area contributed by atoms with Gasteiger partial charge in [0.1, 0.15) is 6.61 Å². The topological polar surface area (TPSA) is 30.5 Å². The molecule has 0 aliphatic carbocycles. The lowest BCUT2D eigenvalue weighted by atomic mass is 10.3. The van der Waals surface area contributed by atoms with Gasteiger partial charge in [-0.1, -0.05) is 0 Å². The zero-order chi connectivity index (χ0) is 14.3. The molecule has 0 aromatic heterocycles. The molecule has 0 fully saturated rings. The van der Waals surface area contributed by atoms with Crippen molar-refractivity contribution >= 4 is 0 Å². The van der Waals surface area contributed by atoms with Crippen LogP contribution in [0.5, 0.6) is 5.75 Å². The van der Waals surface area contributed by atoms with Crippen LogP contribution >= 0.6 is 0 Å². The first-order chi connectivity index (χ1) is 9.07. The second-order valence-electron chi connectivity index (χ2n) is 3.59. The number of benzene rings is 1. The molecule has 1 aromatic carbocycles. The van der Waals surface area contributed by atoms with Crippen molar-refractivity contribution in [3.05, 3.63) is 29.3 Å². The molecular weight excluding hydrogens is 266 g/mol. The molecule has 0 aliphatic rings. The average Bonchev–Trinajstić information content (AvgIpc) is 2.39. The summed E-state index contributed by atoms with van der Waals surface area (Å²) in [6.45, 7) is 3.63. The first kappa shape index (κ1) is 15.7. The quantitative estimate of drug-likeness (QED) is 0.450. The maximum Gasteiger partial charge on any atom is 0.203 e. The molecule has 0 saturated heterocycles. The smallest absolute Gasteiger partial charge is 0.203 e. The molecule has 1 N–H and O–H groups in total. The van der Waals surface area contributed by atoms with Gasteiger partial charge in [0, 0.05) is 25.8 Å². The third-order valence-electron chi connectivity index (χ3n) is 2.22. The Balaban J connectivity index is 2.41. The van der Waals surface area contributed by atoms with Gasteiger partial charge in [-0.15, -0.1) is 0 Å². The Morgan fingerprint density at radius 3 is 2.16 bits per heavy atom. The van der Waals surface area contributed by atoms with Crippen LogP contribution in [0.15, 0.2) is 6.07 Å². The third-order valence-corrected chi connectivity index (χ3v) is 2.22. The maximum absolute atomic E-state index is 13.2. The summed E-state index contributed by atoms with van der Waals surface area (Å²) in [5.74, 6) is -7.08. The van der Waals surface area contributed by atoms with Crippen molar-refractivity contribution in [1.82, 2.24) is 5.32 Å². The summed E-state index contributed by atoms with van der Waals surface area (Å²) in [6.07, 6.45) is 0. The van der Waals surface area contributed by atoms with Crippen molar-refractivity contribution in [2.75, 3.05) is 32.9 Å². The fraction of sp³-hybridized carbons (Fsp3) is 0.500. The summed E-state index contributed by atoms with van der Waals surface area (Å²) in [5.41, 5.74) is 0. The Labute approximate surface area is 108 Å². The van der Waals surface area contributed by atoms with Crippen LogP contribution in [0.2, 0.25) is 0 Å². The Bertz CT molecular complexity index is 389. The molecule has 108 valence electrons. The molecule has 0 unspecified atom stereocenters.